The monoisotopic (exact) mass is 658 g/mol. The molecule has 0 radical (unpaired) electrons. The summed E-state index contributed by atoms with van der Waals surface area (Å²) in [4.78, 5) is 30.4. The molecule has 0 spiro atoms. The number of nitrogens with zero attached hydrogens (tertiary/aromatic N) is 3. The highest BCUT2D eigenvalue weighted by atomic mass is 79.9. The molecule has 202 valence electrons. The summed E-state index contributed by atoms with van der Waals surface area (Å²) in [5.74, 6) is 0.419. The van der Waals surface area contributed by atoms with Crippen LogP contribution in [0.5, 0.6) is 11.5 Å². The van der Waals surface area contributed by atoms with Crippen LogP contribution in [0.3, 0.4) is 0 Å². The summed E-state index contributed by atoms with van der Waals surface area (Å²) < 4.78 is 26.9. The van der Waals surface area contributed by atoms with Gasteiger partial charge in [0, 0.05) is 16.1 Å². The Labute approximate surface area is 241 Å². The molecule has 0 aliphatic carbocycles. The number of methoxy groups -OCH3 is 1. The van der Waals surface area contributed by atoms with Gasteiger partial charge in [0.1, 0.15) is 11.6 Å². The van der Waals surface area contributed by atoms with Crippen molar-refractivity contribution in [2.24, 2.45) is 5.10 Å². The number of aromatic nitrogens is 2. The molecule has 1 aromatic heterocycles. The Morgan fingerprint density at radius 1 is 1.18 bits per heavy atom. The summed E-state index contributed by atoms with van der Waals surface area (Å²) in [6.07, 6.45) is 2.32. The van der Waals surface area contributed by atoms with Crippen LogP contribution in [0, 0.1) is 5.82 Å². The number of hydrogen-bond donors (Lipinski definition) is 1. The molecule has 0 saturated heterocycles. The second-order valence-corrected chi connectivity index (χ2v) is 10.5. The lowest BCUT2D eigenvalue weighted by Gasteiger charge is -2.15. The van der Waals surface area contributed by atoms with E-state index in [1.54, 1.807) is 24.3 Å². The zero-order valence-electron chi connectivity index (χ0n) is 21.4. The molecule has 0 bridgehead atoms. The highest BCUT2D eigenvalue weighted by Crippen LogP contribution is 2.36. The zero-order chi connectivity index (χ0) is 28.1. The number of rotatable bonds is 9. The number of halogens is 3. The highest BCUT2D eigenvalue weighted by Gasteiger charge is 2.17. The molecule has 39 heavy (non-hydrogen) atoms. The molecule has 0 fully saturated rings. The number of anilines is 1. The summed E-state index contributed by atoms with van der Waals surface area (Å²) in [6, 6.07) is 14.2. The minimum absolute atomic E-state index is 0.000927. The quantitative estimate of drug-likeness (QED) is 0.208. The van der Waals surface area contributed by atoms with Gasteiger partial charge in [-0.1, -0.05) is 29.8 Å². The van der Waals surface area contributed by atoms with Crippen molar-refractivity contribution in [3.8, 4) is 11.5 Å². The van der Waals surface area contributed by atoms with Gasteiger partial charge in [-0.25, -0.2) is 9.37 Å². The smallest absolute Gasteiger partial charge is 0.282 e. The largest absolute Gasteiger partial charge is 0.493 e. The lowest BCUT2D eigenvalue weighted by atomic mass is 10.1. The molecule has 4 aromatic rings. The molecular formula is C28H25Br2FN4O4. The highest BCUT2D eigenvalue weighted by molar-refractivity contribution is 9.10. The van der Waals surface area contributed by atoms with Crippen LogP contribution >= 0.6 is 31.9 Å². The molecule has 0 aliphatic rings. The third-order valence-electron chi connectivity index (χ3n) is 5.94. The number of carbonyl (C=O) groups is 1. The van der Waals surface area contributed by atoms with E-state index >= 15 is 0 Å². The molecule has 3 aromatic carbocycles. The van der Waals surface area contributed by atoms with E-state index in [1.165, 1.54) is 42.3 Å². The van der Waals surface area contributed by atoms with Crippen LogP contribution in [-0.4, -0.2) is 35.5 Å². The van der Waals surface area contributed by atoms with Crippen molar-refractivity contribution >= 4 is 60.6 Å². The van der Waals surface area contributed by atoms with E-state index in [0.29, 0.717) is 43.9 Å². The first-order valence-electron chi connectivity index (χ1n) is 12.0. The van der Waals surface area contributed by atoms with Gasteiger partial charge < -0.3 is 14.8 Å². The van der Waals surface area contributed by atoms with E-state index < -0.39 is 11.7 Å². The Morgan fingerprint density at radius 2 is 1.92 bits per heavy atom. The van der Waals surface area contributed by atoms with Crippen LogP contribution in [-0.2, 0) is 4.79 Å². The van der Waals surface area contributed by atoms with E-state index in [-0.39, 0.29) is 18.1 Å². The summed E-state index contributed by atoms with van der Waals surface area (Å²) in [7, 11) is 1.48. The predicted octanol–water partition coefficient (Wildman–Crippen LogP) is 6.48. The number of carbonyl (C=O) groups excluding carboxylic acids is 1. The van der Waals surface area contributed by atoms with Crippen LogP contribution in [0.4, 0.5) is 10.1 Å². The summed E-state index contributed by atoms with van der Waals surface area (Å²) in [5, 5.41) is 7.58. The van der Waals surface area contributed by atoms with Crippen molar-refractivity contribution < 1.29 is 18.7 Å². The number of amides is 1. The van der Waals surface area contributed by atoms with Crippen LogP contribution < -0.4 is 20.3 Å². The Kier molecular flexibility index (Phi) is 9.13. The van der Waals surface area contributed by atoms with E-state index in [2.05, 4.69) is 42.3 Å². The third kappa shape index (κ3) is 6.72. The van der Waals surface area contributed by atoms with Gasteiger partial charge in [0.15, 0.2) is 18.1 Å². The van der Waals surface area contributed by atoms with Crippen molar-refractivity contribution in [1.29, 1.82) is 0 Å². The maximum absolute atomic E-state index is 13.4. The van der Waals surface area contributed by atoms with E-state index in [9.17, 15) is 14.0 Å². The van der Waals surface area contributed by atoms with Crippen LogP contribution in [0.2, 0.25) is 0 Å². The number of ether oxygens (including phenoxy) is 2. The van der Waals surface area contributed by atoms with Crippen LogP contribution in [0.1, 0.15) is 37.6 Å². The van der Waals surface area contributed by atoms with Gasteiger partial charge in [0.05, 0.1) is 28.7 Å². The van der Waals surface area contributed by atoms with Gasteiger partial charge in [0.2, 0.25) is 0 Å². The Hall–Kier alpha value is -3.57. The third-order valence-corrected chi connectivity index (χ3v) is 7.02. The molecule has 0 saturated carbocycles. The van der Waals surface area contributed by atoms with E-state index in [4.69, 9.17) is 14.5 Å². The number of fused-ring (bicyclic) bond motifs is 1. The first kappa shape index (κ1) is 28.4. The fraction of sp³-hybridized carbons (Fsp3) is 0.214. The Morgan fingerprint density at radius 3 is 2.62 bits per heavy atom. The van der Waals surface area contributed by atoms with Gasteiger partial charge in [-0.3, -0.25) is 9.59 Å². The second kappa shape index (κ2) is 12.5. The molecule has 11 heteroatoms. The molecule has 8 nitrogen and oxygen atoms in total. The van der Waals surface area contributed by atoms with E-state index in [0.717, 1.165) is 10.9 Å². The summed E-state index contributed by atoms with van der Waals surface area (Å²) in [5.41, 5.74) is 1.41. The van der Waals surface area contributed by atoms with Crippen LogP contribution in [0.25, 0.3) is 10.9 Å². The van der Waals surface area contributed by atoms with Gasteiger partial charge in [-0.15, -0.1) is 0 Å². The molecule has 1 N–H and O–H groups in total. The van der Waals surface area contributed by atoms with Crippen molar-refractivity contribution in [3.63, 3.8) is 0 Å². The van der Waals surface area contributed by atoms with Gasteiger partial charge in [-0.2, -0.15) is 9.78 Å². The fourth-order valence-electron chi connectivity index (χ4n) is 3.73. The predicted molar refractivity (Wildman–Crippen MR) is 157 cm³/mol. The first-order chi connectivity index (χ1) is 18.7. The number of nitrogens with one attached hydrogen (secondary N) is 1. The molecule has 1 amide bonds. The average molecular weight is 660 g/mol. The number of hydrogen-bond acceptors (Lipinski definition) is 6. The molecule has 1 atom stereocenters. The lowest BCUT2D eigenvalue weighted by molar-refractivity contribution is -0.118. The number of benzene rings is 3. The minimum Gasteiger partial charge on any atom is -0.493 e. The summed E-state index contributed by atoms with van der Waals surface area (Å²) in [6.45, 7) is 3.72. The normalized spacial score (nSPS) is 12.1. The lowest BCUT2D eigenvalue weighted by Crippen LogP contribution is -2.23. The molecule has 1 heterocycles. The molecule has 0 unspecified atom stereocenters. The summed E-state index contributed by atoms with van der Waals surface area (Å²) >= 11 is 6.88. The van der Waals surface area contributed by atoms with E-state index in [1.807, 2.05) is 19.9 Å². The van der Waals surface area contributed by atoms with Crippen molar-refractivity contribution in [2.75, 3.05) is 19.0 Å². The molecular weight excluding hydrogens is 635 g/mol. The average Bonchev–Trinajstić information content (AvgIpc) is 2.92. The first-order valence-corrected chi connectivity index (χ1v) is 13.6. The van der Waals surface area contributed by atoms with Crippen molar-refractivity contribution in [1.82, 2.24) is 9.66 Å². The van der Waals surface area contributed by atoms with Crippen molar-refractivity contribution in [3.05, 3.63) is 91.1 Å². The van der Waals surface area contributed by atoms with Crippen LogP contribution in [0.15, 0.2) is 73.4 Å². The molecule has 0 aliphatic heterocycles. The standard InChI is InChI=1S/C28H25Br2FN4O4/c1-4-16(2)27-34-23-10-5-18(29)13-21(23)28(37)35(27)32-14-17-11-22(30)26(24(12-17)38-3)39-15-25(36)33-20-8-6-19(31)7-9-20/h5-14,16H,4,15H2,1-3H3,(H,33,36)/t16-/m0/s1. The zero-order valence-corrected chi connectivity index (χ0v) is 24.5. The van der Waals surface area contributed by atoms with Gasteiger partial charge in [-0.05, 0) is 82.5 Å². The SMILES string of the molecule is CC[C@H](C)c1nc2ccc(Br)cc2c(=O)n1N=Cc1cc(Br)c(OCC(=O)Nc2ccc(F)cc2)c(OC)c1. The Bertz CT molecular complexity index is 1610. The molecule has 4 rings (SSSR count). The maximum Gasteiger partial charge on any atom is 0.282 e. The topological polar surface area (TPSA) is 94.8 Å². The second-order valence-electron chi connectivity index (χ2n) is 8.68. The van der Waals surface area contributed by atoms with Gasteiger partial charge >= 0.3 is 0 Å². The minimum atomic E-state index is -0.423. The van der Waals surface area contributed by atoms with Gasteiger partial charge in [0.25, 0.3) is 11.5 Å². The Balaban J connectivity index is 1.60. The maximum atomic E-state index is 13.4. The van der Waals surface area contributed by atoms with Crippen molar-refractivity contribution in [2.45, 2.75) is 26.2 Å². The fourth-order valence-corrected chi connectivity index (χ4v) is 4.66.